The number of benzene rings is 1. The van der Waals surface area contributed by atoms with Gasteiger partial charge >= 0.3 is 0 Å². The Balaban J connectivity index is 0.00000216. The number of H-pyrrole nitrogens is 2. The lowest BCUT2D eigenvalue weighted by Gasteiger charge is -2.14. The topological polar surface area (TPSA) is 73.5 Å². The van der Waals surface area contributed by atoms with E-state index < -0.39 is 0 Å². The summed E-state index contributed by atoms with van der Waals surface area (Å²) in [6, 6.07) is 6.77. The minimum Gasteiger partial charge on any atom is -0.336 e. The highest BCUT2D eigenvalue weighted by molar-refractivity contribution is 5.91. The molecule has 4 aromatic rings. The van der Waals surface area contributed by atoms with E-state index in [1.807, 2.05) is 65.0 Å². The molecule has 0 atom stereocenters. The number of aromatic amines is 2. The number of aryl methyl sites for hydroxylation is 1. The van der Waals surface area contributed by atoms with Crippen LogP contribution < -0.4 is 10.6 Å². The van der Waals surface area contributed by atoms with Gasteiger partial charge in [-0.1, -0.05) is 51.3 Å². The van der Waals surface area contributed by atoms with Crippen LogP contribution >= 0.6 is 0 Å². The van der Waals surface area contributed by atoms with Crippen LogP contribution in [0.4, 0.5) is 4.39 Å². The molecule has 1 aromatic carbocycles. The average molecular weight is 593 g/mol. The molecule has 2 N–H and O–H groups in total. The van der Waals surface area contributed by atoms with Crippen molar-refractivity contribution in [3.05, 3.63) is 101 Å². The van der Waals surface area contributed by atoms with E-state index >= 15 is 0 Å². The fraction of sp³-hybridized carbons (Fsp3) is 0.324. The van der Waals surface area contributed by atoms with Crippen LogP contribution in [0.25, 0.3) is 46.0 Å². The molecule has 0 unspecified atom stereocenters. The van der Waals surface area contributed by atoms with Gasteiger partial charge in [-0.3, -0.25) is 10.1 Å². The number of nitrogens with zero attached hydrogens (tertiary/aromatic N) is 4. The van der Waals surface area contributed by atoms with Gasteiger partial charge in [-0.05, 0) is 119 Å². The van der Waals surface area contributed by atoms with Gasteiger partial charge in [0.1, 0.15) is 17.0 Å². The number of likely N-dealkylation sites (tertiary alicyclic amines) is 1. The second-order valence-corrected chi connectivity index (χ2v) is 10.8. The number of aromatic nitrogens is 5. The van der Waals surface area contributed by atoms with Crippen LogP contribution in [0.15, 0.2) is 78.6 Å². The molecule has 6 nitrogen and oxygen atoms in total. The van der Waals surface area contributed by atoms with E-state index in [-0.39, 0.29) is 5.82 Å². The highest BCUT2D eigenvalue weighted by atomic mass is 19.1. The van der Waals surface area contributed by atoms with Crippen molar-refractivity contribution in [2.45, 2.75) is 60.3 Å². The minimum atomic E-state index is -0.301. The van der Waals surface area contributed by atoms with E-state index in [0.717, 1.165) is 52.2 Å². The molecule has 0 bridgehead atoms. The normalized spacial score (nSPS) is 15.1. The molecular formula is C37H45FN6. The zero-order valence-electron chi connectivity index (χ0n) is 26.8. The summed E-state index contributed by atoms with van der Waals surface area (Å²) in [5.74, 6) is 0.299. The zero-order chi connectivity index (χ0) is 31.6. The molecule has 1 fully saturated rings. The first-order valence-corrected chi connectivity index (χ1v) is 15.7. The number of hydrogen-bond acceptors (Lipinski definition) is 4. The van der Waals surface area contributed by atoms with Crippen molar-refractivity contribution >= 4 is 23.2 Å². The number of fused-ring (bicyclic) bond motifs is 1. The number of pyridine rings is 1. The van der Waals surface area contributed by atoms with E-state index in [2.05, 4.69) is 50.4 Å². The molecule has 0 radical (unpaired) electrons. The van der Waals surface area contributed by atoms with Crippen molar-refractivity contribution in [1.82, 2.24) is 30.0 Å². The first kappa shape index (κ1) is 32.6. The van der Waals surface area contributed by atoms with Gasteiger partial charge in [-0.15, -0.1) is 0 Å². The Morgan fingerprint density at radius 1 is 1.11 bits per heavy atom. The summed E-state index contributed by atoms with van der Waals surface area (Å²) in [6.07, 6.45) is 16.7. The van der Waals surface area contributed by atoms with Crippen LogP contribution in [0.3, 0.4) is 0 Å². The van der Waals surface area contributed by atoms with E-state index in [0.29, 0.717) is 28.3 Å². The first-order chi connectivity index (χ1) is 21.4. The molecular weight excluding hydrogens is 547 g/mol. The molecule has 0 amide bonds. The van der Waals surface area contributed by atoms with Crippen LogP contribution in [-0.4, -0.2) is 49.7 Å². The van der Waals surface area contributed by atoms with Gasteiger partial charge in [-0.2, -0.15) is 5.10 Å². The Bertz CT molecular complexity index is 1780. The Hall–Kier alpha value is -4.36. The number of rotatable bonds is 10. The second-order valence-electron chi connectivity index (χ2n) is 10.8. The summed E-state index contributed by atoms with van der Waals surface area (Å²) in [5, 5.41) is 9.52. The van der Waals surface area contributed by atoms with Crippen molar-refractivity contribution in [2.24, 2.45) is 0 Å². The lowest BCUT2D eigenvalue weighted by atomic mass is 10.00. The van der Waals surface area contributed by atoms with Gasteiger partial charge in [0.2, 0.25) is 0 Å². The molecule has 1 aliphatic rings. The number of allylic oxidation sites excluding steroid dienone is 6. The number of halogens is 1. The molecule has 230 valence electrons. The lowest BCUT2D eigenvalue weighted by Crippen LogP contribution is -2.24. The van der Waals surface area contributed by atoms with Crippen molar-refractivity contribution in [1.29, 1.82) is 0 Å². The third-order valence-electron chi connectivity index (χ3n) is 7.80. The van der Waals surface area contributed by atoms with Crippen LogP contribution in [0.5, 0.6) is 0 Å². The fourth-order valence-corrected chi connectivity index (χ4v) is 5.61. The largest absolute Gasteiger partial charge is 0.336 e. The molecule has 0 spiro atoms. The predicted molar refractivity (Wildman–Crippen MR) is 183 cm³/mol. The van der Waals surface area contributed by atoms with Crippen LogP contribution in [0, 0.1) is 12.7 Å². The van der Waals surface area contributed by atoms with Crippen LogP contribution in [0.1, 0.15) is 58.9 Å². The highest BCUT2D eigenvalue weighted by Gasteiger charge is 2.16. The molecule has 4 heterocycles. The van der Waals surface area contributed by atoms with E-state index in [4.69, 9.17) is 4.98 Å². The van der Waals surface area contributed by atoms with Gasteiger partial charge in [0.15, 0.2) is 5.82 Å². The van der Waals surface area contributed by atoms with Crippen LogP contribution in [0.2, 0.25) is 0 Å². The third-order valence-corrected chi connectivity index (χ3v) is 7.80. The fourth-order valence-electron chi connectivity index (χ4n) is 5.61. The SMILES string of the molecule is C=C/C(=C\C(=C/C)C(=C)/C=c1/c(-c2nc3c(-c4cc(C)cc(F)c4)nccc3[nH]2)n[nH]/c1=C/C)CCCN1CCCC1.CC. The molecule has 3 aromatic heterocycles. The smallest absolute Gasteiger partial charge is 0.159 e. The van der Waals surface area contributed by atoms with Gasteiger partial charge in [0.25, 0.3) is 0 Å². The predicted octanol–water partition coefficient (Wildman–Crippen LogP) is 7.56. The number of imidazole rings is 1. The molecule has 0 aliphatic carbocycles. The maximum absolute atomic E-state index is 14.2. The Kier molecular flexibility index (Phi) is 11.4. The van der Waals surface area contributed by atoms with E-state index in [1.165, 1.54) is 43.6 Å². The van der Waals surface area contributed by atoms with E-state index in [9.17, 15) is 4.39 Å². The number of nitrogens with one attached hydrogen (secondary N) is 2. The van der Waals surface area contributed by atoms with Gasteiger partial charge in [0, 0.05) is 17.0 Å². The van der Waals surface area contributed by atoms with Gasteiger partial charge in [-0.25, -0.2) is 9.37 Å². The summed E-state index contributed by atoms with van der Waals surface area (Å²) >= 11 is 0. The maximum atomic E-state index is 14.2. The van der Waals surface area contributed by atoms with E-state index in [1.54, 1.807) is 6.20 Å². The first-order valence-electron chi connectivity index (χ1n) is 15.7. The molecule has 1 aliphatic heterocycles. The van der Waals surface area contributed by atoms with Gasteiger partial charge in [0.05, 0.1) is 16.6 Å². The lowest BCUT2D eigenvalue weighted by molar-refractivity contribution is 0.334. The monoisotopic (exact) mass is 592 g/mol. The van der Waals surface area contributed by atoms with Crippen molar-refractivity contribution in [2.75, 3.05) is 19.6 Å². The number of hydrogen-bond donors (Lipinski definition) is 2. The van der Waals surface area contributed by atoms with Crippen molar-refractivity contribution in [3.63, 3.8) is 0 Å². The summed E-state index contributed by atoms with van der Waals surface area (Å²) < 4.78 is 14.2. The van der Waals surface area contributed by atoms with Gasteiger partial charge < -0.3 is 9.88 Å². The Labute approximate surface area is 260 Å². The Morgan fingerprint density at radius 3 is 2.57 bits per heavy atom. The summed E-state index contributed by atoms with van der Waals surface area (Å²) in [7, 11) is 0. The molecule has 44 heavy (non-hydrogen) atoms. The molecule has 7 heteroatoms. The third kappa shape index (κ3) is 7.58. The standard InChI is InChI=1S/C35H39FN6.C2H6/c1-6-25(12-11-17-42-15-9-10-16-42)21-26(7-2)24(5)20-29-30(8-3)40-41-33(29)35-38-31-13-14-37-32(34(31)39-35)27-18-23(4)19-28(36)22-27;1-2/h6-8,13-14,18-22,40H,1,5,9-12,15-17H2,2-4H3,(H,38,39);1-2H3/b25-21+,26-7+,29-20+,30-8+;. The average Bonchev–Trinajstić information content (AvgIpc) is 3.79. The zero-order valence-corrected chi connectivity index (χ0v) is 26.8. The maximum Gasteiger partial charge on any atom is 0.159 e. The Morgan fingerprint density at radius 2 is 1.89 bits per heavy atom. The summed E-state index contributed by atoms with van der Waals surface area (Å²) in [5.41, 5.74) is 7.38. The summed E-state index contributed by atoms with van der Waals surface area (Å²) in [6.45, 7) is 21.9. The molecule has 0 saturated carbocycles. The molecule has 1 saturated heterocycles. The van der Waals surface area contributed by atoms with Crippen LogP contribution in [-0.2, 0) is 0 Å². The second kappa shape index (κ2) is 15.4. The summed E-state index contributed by atoms with van der Waals surface area (Å²) in [4.78, 5) is 15.4. The molecule has 5 rings (SSSR count). The van der Waals surface area contributed by atoms with Crippen molar-refractivity contribution in [3.8, 4) is 22.8 Å². The minimum absolute atomic E-state index is 0.301. The van der Waals surface area contributed by atoms with Crippen molar-refractivity contribution < 1.29 is 4.39 Å². The quantitative estimate of drug-likeness (QED) is 0.186. The highest BCUT2D eigenvalue weighted by Crippen LogP contribution is 2.28.